The zero-order valence-corrected chi connectivity index (χ0v) is 15.5. The Morgan fingerprint density at radius 1 is 1.16 bits per heavy atom. The molecule has 25 heavy (non-hydrogen) atoms. The van der Waals surface area contributed by atoms with Crippen LogP contribution in [0.5, 0.6) is 0 Å². The maximum absolute atomic E-state index is 13.1. The molecule has 0 aliphatic carbocycles. The minimum Gasteiger partial charge on any atom is -0.422 e. The molecule has 2 atom stereocenters. The zero-order valence-electron chi connectivity index (χ0n) is 14.7. The van der Waals surface area contributed by atoms with Crippen molar-refractivity contribution in [2.75, 3.05) is 0 Å². The van der Waals surface area contributed by atoms with Crippen LogP contribution < -0.4 is 5.63 Å². The van der Waals surface area contributed by atoms with Gasteiger partial charge in [-0.1, -0.05) is 11.6 Å². The average Bonchev–Trinajstić information content (AvgIpc) is 3.02. The molecule has 0 bridgehead atoms. The van der Waals surface area contributed by atoms with Gasteiger partial charge in [0, 0.05) is 17.5 Å². The summed E-state index contributed by atoms with van der Waals surface area (Å²) in [6.45, 7) is 6.22. The highest BCUT2D eigenvalue weighted by atomic mass is 32.1. The Kier molecular flexibility index (Phi) is 3.91. The first-order valence-electron chi connectivity index (χ1n) is 8.75. The summed E-state index contributed by atoms with van der Waals surface area (Å²) in [5, 5.41) is 1.40. The van der Waals surface area contributed by atoms with E-state index < -0.39 is 0 Å². The third kappa shape index (κ3) is 2.67. The number of carbonyl (C=O) groups is 1. The van der Waals surface area contributed by atoms with Crippen molar-refractivity contribution in [1.82, 2.24) is 4.90 Å². The summed E-state index contributed by atoms with van der Waals surface area (Å²) in [6, 6.07) is 7.94. The molecular weight excluding hydrogens is 334 g/mol. The van der Waals surface area contributed by atoms with Gasteiger partial charge in [-0.25, -0.2) is 4.79 Å². The summed E-state index contributed by atoms with van der Waals surface area (Å²) in [4.78, 5) is 28.0. The van der Waals surface area contributed by atoms with E-state index in [0.29, 0.717) is 15.8 Å². The molecule has 3 heterocycles. The van der Waals surface area contributed by atoms with E-state index in [2.05, 4.69) is 13.8 Å². The second kappa shape index (κ2) is 5.99. The average molecular weight is 355 g/mol. The smallest absolute Gasteiger partial charge is 0.345 e. The third-order valence-electron chi connectivity index (χ3n) is 5.17. The summed E-state index contributed by atoms with van der Waals surface area (Å²) in [6.07, 6.45) is 3.22. The number of rotatable bonds is 1. The first-order chi connectivity index (χ1) is 12.0. The molecule has 4 nitrogen and oxygen atoms in total. The first kappa shape index (κ1) is 16.3. The lowest BCUT2D eigenvalue weighted by Gasteiger charge is -2.38. The molecule has 130 valence electrons. The summed E-state index contributed by atoms with van der Waals surface area (Å²) in [7, 11) is 0. The number of hydrogen-bond acceptors (Lipinski definition) is 4. The van der Waals surface area contributed by atoms with E-state index in [1.165, 1.54) is 11.3 Å². The molecule has 0 saturated carbocycles. The Bertz CT molecular complexity index is 1020. The molecule has 0 spiro atoms. The molecule has 4 rings (SSSR count). The normalized spacial score (nSPS) is 21.2. The number of piperidine rings is 1. The van der Waals surface area contributed by atoms with Gasteiger partial charge in [-0.05, 0) is 58.2 Å². The maximum atomic E-state index is 13.1. The monoisotopic (exact) mass is 355 g/mol. The van der Waals surface area contributed by atoms with Crippen LogP contribution in [0.25, 0.3) is 21.1 Å². The van der Waals surface area contributed by atoms with Crippen molar-refractivity contribution < 1.29 is 9.21 Å². The van der Waals surface area contributed by atoms with Crippen LogP contribution >= 0.6 is 11.3 Å². The lowest BCUT2D eigenvalue weighted by molar-refractivity contribution is 0.0516. The van der Waals surface area contributed by atoms with Gasteiger partial charge in [0.2, 0.25) is 0 Å². The Labute approximate surface area is 150 Å². The molecule has 0 N–H and O–H groups in total. The van der Waals surface area contributed by atoms with Crippen molar-refractivity contribution in [2.24, 2.45) is 0 Å². The van der Waals surface area contributed by atoms with Gasteiger partial charge in [-0.15, -0.1) is 11.3 Å². The minimum absolute atomic E-state index is 0.0288. The summed E-state index contributed by atoms with van der Waals surface area (Å²) in [5.41, 5.74) is 1.30. The van der Waals surface area contributed by atoms with Gasteiger partial charge in [-0.3, -0.25) is 4.79 Å². The highest BCUT2D eigenvalue weighted by molar-refractivity contribution is 7.21. The van der Waals surface area contributed by atoms with Gasteiger partial charge >= 0.3 is 5.63 Å². The number of amides is 1. The predicted octanol–water partition coefficient (Wildman–Crippen LogP) is 4.72. The van der Waals surface area contributed by atoms with E-state index in [4.69, 9.17) is 4.42 Å². The van der Waals surface area contributed by atoms with Gasteiger partial charge < -0.3 is 9.32 Å². The Hall–Kier alpha value is -2.14. The molecule has 0 radical (unpaired) electrons. The van der Waals surface area contributed by atoms with Crippen LogP contribution in [0.15, 0.2) is 33.5 Å². The van der Waals surface area contributed by atoms with E-state index in [0.717, 1.165) is 34.9 Å². The van der Waals surface area contributed by atoms with E-state index in [9.17, 15) is 9.59 Å². The molecule has 1 aliphatic heterocycles. The van der Waals surface area contributed by atoms with E-state index in [1.807, 2.05) is 30.0 Å². The predicted molar refractivity (Wildman–Crippen MR) is 102 cm³/mol. The number of hydrogen-bond donors (Lipinski definition) is 0. The summed E-state index contributed by atoms with van der Waals surface area (Å²) < 4.78 is 6.28. The third-order valence-corrected chi connectivity index (χ3v) is 6.33. The number of aryl methyl sites for hydroxylation is 1. The molecule has 1 saturated heterocycles. The quantitative estimate of drug-likeness (QED) is 0.594. The van der Waals surface area contributed by atoms with E-state index >= 15 is 0 Å². The molecule has 1 aliphatic rings. The summed E-state index contributed by atoms with van der Waals surface area (Å²) >= 11 is 1.40. The van der Waals surface area contributed by atoms with Crippen LogP contribution in [-0.2, 0) is 0 Å². The number of thiophene rings is 1. The lowest BCUT2D eigenvalue weighted by atomic mass is 9.97. The standard InChI is InChI=1S/C20H21NO3S/c1-11-7-8-16-14(9-11)18-15(20(23)24-16)10-17(25-18)19(22)21-12(2)5-4-6-13(21)3/h7-10,12-13H,4-6H2,1-3H3. The van der Waals surface area contributed by atoms with Crippen LogP contribution in [0.3, 0.4) is 0 Å². The fourth-order valence-electron chi connectivity index (χ4n) is 3.86. The first-order valence-corrected chi connectivity index (χ1v) is 9.57. The van der Waals surface area contributed by atoms with Crippen LogP contribution in [0.2, 0.25) is 0 Å². The molecule has 2 unspecified atom stereocenters. The zero-order chi connectivity index (χ0) is 17.7. The van der Waals surface area contributed by atoms with Gasteiger partial charge in [0.25, 0.3) is 5.91 Å². The van der Waals surface area contributed by atoms with E-state index in [1.54, 1.807) is 6.07 Å². The van der Waals surface area contributed by atoms with Crippen molar-refractivity contribution in [3.8, 4) is 0 Å². The number of nitrogens with zero attached hydrogens (tertiary/aromatic N) is 1. The Morgan fingerprint density at radius 3 is 2.60 bits per heavy atom. The maximum Gasteiger partial charge on any atom is 0.345 e. The van der Waals surface area contributed by atoms with Crippen molar-refractivity contribution in [3.05, 3.63) is 45.1 Å². The van der Waals surface area contributed by atoms with Gasteiger partial charge in [0.05, 0.1) is 15.0 Å². The molecular formula is C20H21NO3S. The fraction of sp³-hybridized carbons (Fsp3) is 0.400. The van der Waals surface area contributed by atoms with Gasteiger partial charge in [-0.2, -0.15) is 0 Å². The Morgan fingerprint density at radius 2 is 1.88 bits per heavy atom. The lowest BCUT2D eigenvalue weighted by Crippen LogP contribution is -2.47. The SMILES string of the molecule is Cc1ccc2oc(=O)c3cc(C(=O)N4C(C)CCCC4C)sc3c2c1. The number of likely N-dealkylation sites (tertiary alicyclic amines) is 1. The molecule has 3 aromatic rings. The van der Waals surface area contributed by atoms with Crippen molar-refractivity contribution in [2.45, 2.75) is 52.1 Å². The number of carbonyl (C=O) groups excluding carboxylic acids is 1. The van der Waals surface area contributed by atoms with Crippen LogP contribution in [0, 0.1) is 6.92 Å². The second-order valence-corrected chi connectivity index (χ2v) is 8.14. The number of benzene rings is 1. The largest absolute Gasteiger partial charge is 0.422 e. The molecule has 1 aromatic carbocycles. The number of fused-ring (bicyclic) bond motifs is 3. The second-order valence-electron chi connectivity index (χ2n) is 7.08. The van der Waals surface area contributed by atoms with Gasteiger partial charge in [0.1, 0.15) is 5.58 Å². The van der Waals surface area contributed by atoms with Crippen LogP contribution in [0.1, 0.15) is 48.3 Å². The van der Waals surface area contributed by atoms with Crippen LogP contribution in [0.4, 0.5) is 0 Å². The van der Waals surface area contributed by atoms with Crippen molar-refractivity contribution >= 4 is 38.3 Å². The van der Waals surface area contributed by atoms with Crippen LogP contribution in [-0.4, -0.2) is 22.9 Å². The van der Waals surface area contributed by atoms with Crippen molar-refractivity contribution in [3.63, 3.8) is 0 Å². The highest BCUT2D eigenvalue weighted by Crippen LogP contribution is 2.33. The fourth-order valence-corrected chi connectivity index (χ4v) is 4.97. The highest BCUT2D eigenvalue weighted by Gasteiger charge is 2.31. The minimum atomic E-state index is -0.374. The summed E-state index contributed by atoms with van der Waals surface area (Å²) in [5.74, 6) is 0.0288. The molecule has 2 aromatic heterocycles. The van der Waals surface area contributed by atoms with E-state index in [-0.39, 0.29) is 23.6 Å². The van der Waals surface area contributed by atoms with Crippen molar-refractivity contribution in [1.29, 1.82) is 0 Å². The van der Waals surface area contributed by atoms with Gasteiger partial charge in [0.15, 0.2) is 0 Å². The topological polar surface area (TPSA) is 50.5 Å². The molecule has 1 amide bonds. The molecule has 1 fully saturated rings. The molecule has 5 heteroatoms. The Balaban J connectivity index is 1.87.